The van der Waals surface area contributed by atoms with Crippen molar-refractivity contribution in [2.45, 2.75) is 31.9 Å². The summed E-state index contributed by atoms with van der Waals surface area (Å²) in [7, 11) is 0. The number of carboxylic acids is 1. The summed E-state index contributed by atoms with van der Waals surface area (Å²) in [5.74, 6) is -2.36. The monoisotopic (exact) mass is 187 g/mol. The topological polar surface area (TPSA) is 75.6 Å². The molecule has 2 N–H and O–H groups in total. The Labute approximate surface area is 76.1 Å². The number of nitrogens with one attached hydrogen (secondary N) is 1. The number of ether oxygens (including phenoxy) is 1. The first-order valence-corrected chi connectivity index (χ1v) is 4.25. The molecule has 1 saturated heterocycles. The zero-order valence-electron chi connectivity index (χ0n) is 7.45. The Morgan fingerprint density at radius 1 is 1.54 bits per heavy atom. The maximum absolute atomic E-state index is 10.8. The molecule has 0 bridgehead atoms. The molecule has 5 nitrogen and oxygen atoms in total. The van der Waals surface area contributed by atoms with Gasteiger partial charge in [0.1, 0.15) is 0 Å². The highest BCUT2D eigenvalue weighted by atomic mass is 16.5. The van der Waals surface area contributed by atoms with Gasteiger partial charge in [-0.15, -0.1) is 0 Å². The first kappa shape index (κ1) is 9.98. The van der Waals surface area contributed by atoms with Crippen molar-refractivity contribution in [3.05, 3.63) is 0 Å². The molecule has 0 radical (unpaired) electrons. The average Bonchev–Trinajstić information content (AvgIpc) is 2.04. The van der Waals surface area contributed by atoms with Crippen LogP contribution in [0.1, 0.15) is 19.8 Å². The molecule has 0 spiro atoms. The molecule has 0 aromatic rings. The molecule has 0 aromatic heterocycles. The van der Waals surface area contributed by atoms with E-state index in [4.69, 9.17) is 9.84 Å². The van der Waals surface area contributed by atoms with Crippen molar-refractivity contribution in [2.75, 3.05) is 6.61 Å². The zero-order valence-corrected chi connectivity index (χ0v) is 7.45. The largest absolute Gasteiger partial charge is 0.474 e. The number of carbonyl (C=O) groups excluding carboxylic acids is 1. The van der Waals surface area contributed by atoms with Gasteiger partial charge in [-0.1, -0.05) is 0 Å². The molecule has 0 aliphatic carbocycles. The molecule has 1 fully saturated rings. The lowest BCUT2D eigenvalue weighted by atomic mass is 10.0. The van der Waals surface area contributed by atoms with Gasteiger partial charge in [0.2, 0.25) is 0 Å². The van der Waals surface area contributed by atoms with Gasteiger partial charge in [0.05, 0.1) is 6.10 Å². The summed E-state index contributed by atoms with van der Waals surface area (Å²) < 4.78 is 5.25. The maximum atomic E-state index is 10.8. The van der Waals surface area contributed by atoms with E-state index in [1.165, 1.54) is 0 Å². The van der Waals surface area contributed by atoms with Crippen LogP contribution in [0.15, 0.2) is 0 Å². The highest BCUT2D eigenvalue weighted by Gasteiger charge is 2.23. The van der Waals surface area contributed by atoms with Crippen LogP contribution < -0.4 is 5.32 Å². The lowest BCUT2D eigenvalue weighted by Gasteiger charge is -2.27. The third kappa shape index (κ3) is 3.02. The number of hydrogen-bond acceptors (Lipinski definition) is 3. The number of carbonyl (C=O) groups is 2. The van der Waals surface area contributed by atoms with E-state index in [9.17, 15) is 9.59 Å². The summed E-state index contributed by atoms with van der Waals surface area (Å²) in [5, 5.41) is 10.8. The lowest BCUT2D eigenvalue weighted by molar-refractivity contribution is -0.151. The summed E-state index contributed by atoms with van der Waals surface area (Å²) in [6, 6.07) is -0.0626. The number of carboxylic acid groups (broad SMARTS) is 1. The molecule has 2 atom stereocenters. The molecule has 1 rings (SSSR count). The number of aliphatic carboxylic acids is 1. The molecule has 5 heteroatoms. The lowest BCUT2D eigenvalue weighted by Crippen LogP contribution is -2.43. The van der Waals surface area contributed by atoms with Crippen molar-refractivity contribution < 1.29 is 19.4 Å². The number of amides is 1. The van der Waals surface area contributed by atoms with Gasteiger partial charge < -0.3 is 15.2 Å². The fraction of sp³-hybridized carbons (Fsp3) is 0.750. The predicted octanol–water partition coefficient (Wildman–Crippen LogP) is -0.245. The Morgan fingerprint density at radius 3 is 2.77 bits per heavy atom. The first-order valence-electron chi connectivity index (χ1n) is 4.25. The van der Waals surface area contributed by atoms with E-state index in [2.05, 4.69) is 5.32 Å². The molecule has 1 aliphatic heterocycles. The van der Waals surface area contributed by atoms with E-state index < -0.39 is 11.9 Å². The number of hydrogen-bond donors (Lipinski definition) is 2. The van der Waals surface area contributed by atoms with Gasteiger partial charge in [-0.25, -0.2) is 4.79 Å². The van der Waals surface area contributed by atoms with Crippen LogP contribution in [-0.2, 0) is 14.3 Å². The van der Waals surface area contributed by atoms with Gasteiger partial charge in [-0.3, -0.25) is 4.79 Å². The minimum absolute atomic E-state index is 0.0626. The van der Waals surface area contributed by atoms with Crippen LogP contribution in [0.2, 0.25) is 0 Å². The van der Waals surface area contributed by atoms with Crippen molar-refractivity contribution in [1.29, 1.82) is 0 Å². The van der Waals surface area contributed by atoms with Gasteiger partial charge in [-0.2, -0.15) is 0 Å². The smallest absolute Gasteiger partial charge is 0.394 e. The summed E-state index contributed by atoms with van der Waals surface area (Å²) >= 11 is 0. The quantitative estimate of drug-likeness (QED) is 0.555. The van der Waals surface area contributed by atoms with Gasteiger partial charge in [0.25, 0.3) is 0 Å². The summed E-state index contributed by atoms with van der Waals surface area (Å²) in [4.78, 5) is 21.0. The van der Waals surface area contributed by atoms with Crippen LogP contribution in [0, 0.1) is 0 Å². The van der Waals surface area contributed by atoms with Crippen LogP contribution in [0.5, 0.6) is 0 Å². The Kier molecular flexibility index (Phi) is 3.25. The summed E-state index contributed by atoms with van der Waals surface area (Å²) in [5.41, 5.74) is 0. The van der Waals surface area contributed by atoms with Crippen LogP contribution in [0.25, 0.3) is 0 Å². The van der Waals surface area contributed by atoms with Gasteiger partial charge in [0, 0.05) is 12.6 Å². The van der Waals surface area contributed by atoms with Crippen molar-refractivity contribution in [1.82, 2.24) is 5.32 Å². The van der Waals surface area contributed by atoms with E-state index in [0.717, 1.165) is 0 Å². The summed E-state index contributed by atoms with van der Waals surface area (Å²) in [6.07, 6.45) is 1.45. The first-order chi connectivity index (χ1) is 6.09. The molecule has 13 heavy (non-hydrogen) atoms. The van der Waals surface area contributed by atoms with Gasteiger partial charge in [-0.05, 0) is 19.8 Å². The van der Waals surface area contributed by atoms with Crippen molar-refractivity contribution in [3.63, 3.8) is 0 Å². The second-order valence-corrected chi connectivity index (χ2v) is 3.18. The Balaban J connectivity index is 2.36. The minimum Gasteiger partial charge on any atom is -0.474 e. The van der Waals surface area contributed by atoms with E-state index in [0.29, 0.717) is 19.4 Å². The molecule has 2 unspecified atom stereocenters. The van der Waals surface area contributed by atoms with Crippen LogP contribution in [0.4, 0.5) is 0 Å². The van der Waals surface area contributed by atoms with Gasteiger partial charge >= 0.3 is 11.9 Å². The van der Waals surface area contributed by atoms with Crippen LogP contribution in [-0.4, -0.2) is 35.7 Å². The Morgan fingerprint density at radius 2 is 2.23 bits per heavy atom. The normalized spacial score (nSPS) is 28.1. The average molecular weight is 187 g/mol. The molecule has 1 heterocycles. The summed E-state index contributed by atoms with van der Waals surface area (Å²) in [6.45, 7) is 2.48. The van der Waals surface area contributed by atoms with E-state index in [-0.39, 0.29) is 12.1 Å². The van der Waals surface area contributed by atoms with E-state index >= 15 is 0 Å². The fourth-order valence-electron chi connectivity index (χ4n) is 1.38. The Bertz CT molecular complexity index is 216. The van der Waals surface area contributed by atoms with Crippen LogP contribution >= 0.6 is 0 Å². The molecular weight excluding hydrogens is 174 g/mol. The van der Waals surface area contributed by atoms with Crippen LogP contribution in [0.3, 0.4) is 0 Å². The molecule has 1 aliphatic rings. The predicted molar refractivity (Wildman–Crippen MR) is 44.2 cm³/mol. The highest BCUT2D eigenvalue weighted by molar-refractivity contribution is 6.31. The number of rotatable bonds is 1. The SMILES string of the molecule is CC1CC(NC(=O)C(=O)O)CCO1. The second kappa shape index (κ2) is 4.23. The van der Waals surface area contributed by atoms with Crippen molar-refractivity contribution in [3.8, 4) is 0 Å². The minimum atomic E-state index is -1.43. The fourth-order valence-corrected chi connectivity index (χ4v) is 1.38. The standard InChI is InChI=1S/C8H13NO4/c1-5-4-6(2-3-13-5)9-7(10)8(11)12/h5-6H,2-4H2,1H3,(H,9,10)(H,11,12). The maximum Gasteiger partial charge on any atom is 0.394 e. The van der Waals surface area contributed by atoms with E-state index in [1.54, 1.807) is 0 Å². The molecular formula is C8H13NO4. The van der Waals surface area contributed by atoms with Crippen molar-refractivity contribution in [2.24, 2.45) is 0 Å². The Hall–Kier alpha value is -1.10. The second-order valence-electron chi connectivity index (χ2n) is 3.18. The highest BCUT2D eigenvalue weighted by Crippen LogP contribution is 2.12. The van der Waals surface area contributed by atoms with Gasteiger partial charge in [0.15, 0.2) is 0 Å². The van der Waals surface area contributed by atoms with Crippen molar-refractivity contribution >= 4 is 11.9 Å². The zero-order chi connectivity index (χ0) is 9.84. The molecule has 74 valence electrons. The third-order valence-corrected chi connectivity index (χ3v) is 2.01. The molecule has 1 amide bonds. The third-order valence-electron chi connectivity index (χ3n) is 2.01. The molecule has 0 aromatic carbocycles. The molecule has 0 saturated carbocycles. The van der Waals surface area contributed by atoms with E-state index in [1.807, 2.05) is 6.92 Å².